The van der Waals surface area contributed by atoms with Crippen molar-refractivity contribution in [2.75, 3.05) is 13.1 Å². The summed E-state index contributed by atoms with van der Waals surface area (Å²) in [5.41, 5.74) is 5.25. The number of hydrogen-bond donors (Lipinski definition) is 0. The fourth-order valence-corrected chi connectivity index (χ4v) is 4.20. The number of rotatable bonds is 5. The smallest absolute Gasteiger partial charge is 0.410 e. The lowest BCUT2D eigenvalue weighted by Gasteiger charge is -2.32. The normalized spacial score (nSPS) is 14.2. The molecule has 0 saturated carbocycles. The van der Waals surface area contributed by atoms with E-state index in [0.717, 1.165) is 46.5 Å². The van der Waals surface area contributed by atoms with Gasteiger partial charge in [-0.3, -0.25) is 0 Å². The van der Waals surface area contributed by atoms with E-state index in [-0.39, 0.29) is 23.6 Å². The van der Waals surface area contributed by atoms with E-state index in [0.29, 0.717) is 13.1 Å². The van der Waals surface area contributed by atoms with E-state index in [1.807, 2.05) is 43.3 Å². The summed E-state index contributed by atoms with van der Waals surface area (Å²) in [6.45, 7) is 7.48. The van der Waals surface area contributed by atoms with Gasteiger partial charge in [-0.2, -0.15) is 0 Å². The number of carbonyl (C=O) groups is 1. The molecule has 0 aliphatic carbocycles. The Morgan fingerprint density at radius 3 is 2.55 bits per heavy atom. The van der Waals surface area contributed by atoms with E-state index < -0.39 is 5.82 Å². The fourth-order valence-electron chi connectivity index (χ4n) is 4.02. The molecule has 1 saturated heterocycles. The molecule has 1 aliphatic rings. The van der Waals surface area contributed by atoms with E-state index in [1.54, 1.807) is 17.0 Å². The van der Waals surface area contributed by atoms with Crippen LogP contribution in [0.4, 0.5) is 9.18 Å². The van der Waals surface area contributed by atoms with E-state index in [4.69, 9.17) is 21.3 Å². The molecule has 1 fully saturated rings. The van der Waals surface area contributed by atoms with Crippen molar-refractivity contribution < 1.29 is 13.9 Å². The quantitative estimate of drug-likeness (QED) is 0.404. The molecule has 0 N–H and O–H groups in total. The summed E-state index contributed by atoms with van der Waals surface area (Å²) in [7, 11) is 0. The minimum atomic E-state index is -0.455. The van der Waals surface area contributed by atoms with Gasteiger partial charge in [0, 0.05) is 18.7 Å². The van der Waals surface area contributed by atoms with Crippen molar-refractivity contribution in [3.05, 3.63) is 94.9 Å². The van der Waals surface area contributed by atoms with E-state index in [1.165, 1.54) is 6.07 Å². The molecule has 2 heterocycles. The summed E-state index contributed by atoms with van der Waals surface area (Å²) in [5.74, 6) is -0.179. The number of halogens is 2. The molecule has 4 rings (SSSR count). The highest BCUT2D eigenvalue weighted by atomic mass is 35.5. The molecule has 0 unspecified atom stereocenters. The first-order chi connectivity index (χ1) is 15.9. The van der Waals surface area contributed by atoms with Gasteiger partial charge in [-0.25, -0.2) is 14.2 Å². The molecule has 0 atom stereocenters. The largest absolute Gasteiger partial charge is 0.445 e. The van der Waals surface area contributed by atoms with Crippen LogP contribution in [0.25, 0.3) is 16.8 Å². The summed E-state index contributed by atoms with van der Waals surface area (Å²) in [4.78, 5) is 19.0. The molecular formula is C27H26ClFN2O2. The Hall–Kier alpha value is -3.18. The number of carbonyl (C=O) groups excluding carboxylic acids is 1. The highest BCUT2D eigenvalue weighted by Crippen LogP contribution is 2.33. The summed E-state index contributed by atoms with van der Waals surface area (Å²) >= 11 is 6.00. The second-order valence-corrected chi connectivity index (χ2v) is 8.79. The van der Waals surface area contributed by atoms with Gasteiger partial charge in [0.05, 0.1) is 16.4 Å². The Kier molecular flexibility index (Phi) is 7.09. The first kappa shape index (κ1) is 23.0. The lowest BCUT2D eigenvalue weighted by molar-refractivity contribution is 0.0870. The van der Waals surface area contributed by atoms with Gasteiger partial charge in [0.15, 0.2) is 0 Å². The van der Waals surface area contributed by atoms with Crippen LogP contribution in [0.1, 0.15) is 42.5 Å². The Morgan fingerprint density at radius 1 is 1.15 bits per heavy atom. The van der Waals surface area contributed by atoms with Gasteiger partial charge in [0.1, 0.15) is 12.4 Å². The number of benzene rings is 2. The fraction of sp³-hybridized carbons (Fsp3) is 0.259. The number of hydrogen-bond acceptors (Lipinski definition) is 3. The Balaban J connectivity index is 1.46. The molecule has 1 aromatic heterocycles. The Morgan fingerprint density at radius 2 is 1.88 bits per heavy atom. The Labute approximate surface area is 198 Å². The number of piperidine rings is 1. The van der Waals surface area contributed by atoms with Crippen molar-refractivity contribution in [1.29, 1.82) is 0 Å². The number of aromatic nitrogens is 1. The van der Waals surface area contributed by atoms with Crippen LogP contribution in [0.15, 0.2) is 67.2 Å². The molecule has 1 amide bonds. The molecule has 33 heavy (non-hydrogen) atoms. The van der Waals surface area contributed by atoms with Crippen LogP contribution in [-0.2, 0) is 11.3 Å². The van der Waals surface area contributed by atoms with Crippen LogP contribution in [0.2, 0.25) is 5.02 Å². The second-order valence-electron chi connectivity index (χ2n) is 8.38. The molecule has 4 nitrogen and oxygen atoms in total. The first-order valence-electron chi connectivity index (χ1n) is 11.0. The minimum absolute atomic E-state index is 0.0684. The average Bonchev–Trinajstić information content (AvgIpc) is 2.84. The maximum absolute atomic E-state index is 13.6. The third-order valence-electron chi connectivity index (χ3n) is 5.93. The molecule has 0 radical (unpaired) electrons. The highest BCUT2D eigenvalue weighted by Gasteiger charge is 2.25. The highest BCUT2D eigenvalue weighted by molar-refractivity contribution is 6.31. The standard InChI is InChI=1S/C27H26ClFN2O2/c1-18(2)25-15-22(16-26(30-25)21-8-9-24(29)23(28)14-21)20-10-12-31(13-11-20)27(32)33-17-19-6-4-3-5-7-19/h3-9,14-16,20H,1,10-13,17H2,2H3. The third kappa shape index (κ3) is 5.60. The second kappa shape index (κ2) is 10.2. The molecule has 0 bridgehead atoms. The Bertz CT molecular complexity index is 1160. The number of amides is 1. The van der Waals surface area contributed by atoms with Crippen molar-refractivity contribution in [3.63, 3.8) is 0 Å². The van der Waals surface area contributed by atoms with Gasteiger partial charge < -0.3 is 9.64 Å². The van der Waals surface area contributed by atoms with Crippen molar-refractivity contribution >= 4 is 23.3 Å². The third-order valence-corrected chi connectivity index (χ3v) is 6.22. The first-order valence-corrected chi connectivity index (χ1v) is 11.4. The summed E-state index contributed by atoms with van der Waals surface area (Å²) in [6, 6.07) is 18.4. The number of pyridine rings is 1. The summed E-state index contributed by atoms with van der Waals surface area (Å²) in [5, 5.41) is 0.0684. The van der Waals surface area contributed by atoms with Crippen molar-refractivity contribution in [1.82, 2.24) is 9.88 Å². The van der Waals surface area contributed by atoms with Gasteiger partial charge in [0.2, 0.25) is 0 Å². The predicted octanol–water partition coefficient (Wildman–Crippen LogP) is 7.09. The molecule has 0 spiro atoms. The van der Waals surface area contributed by atoms with Gasteiger partial charge in [-0.15, -0.1) is 0 Å². The lowest BCUT2D eigenvalue weighted by atomic mass is 9.88. The van der Waals surface area contributed by atoms with Crippen molar-refractivity contribution in [2.45, 2.75) is 32.3 Å². The summed E-state index contributed by atoms with van der Waals surface area (Å²) in [6.07, 6.45) is 1.37. The van der Waals surface area contributed by atoms with Gasteiger partial charge in [-0.1, -0.05) is 48.5 Å². The summed E-state index contributed by atoms with van der Waals surface area (Å²) < 4.78 is 19.1. The van der Waals surface area contributed by atoms with Crippen LogP contribution in [0.5, 0.6) is 0 Å². The SMILES string of the molecule is C=C(C)c1cc(C2CCN(C(=O)OCc3ccccc3)CC2)cc(-c2ccc(F)c(Cl)c2)n1. The van der Waals surface area contributed by atoms with Crippen LogP contribution < -0.4 is 0 Å². The van der Waals surface area contributed by atoms with Crippen LogP contribution in [0, 0.1) is 5.82 Å². The molecule has 2 aromatic carbocycles. The van der Waals surface area contributed by atoms with Gasteiger partial charge >= 0.3 is 6.09 Å². The van der Waals surface area contributed by atoms with Crippen LogP contribution in [0.3, 0.4) is 0 Å². The maximum atomic E-state index is 13.6. The lowest BCUT2D eigenvalue weighted by Crippen LogP contribution is -2.38. The number of likely N-dealkylation sites (tertiary alicyclic amines) is 1. The minimum Gasteiger partial charge on any atom is -0.445 e. The molecule has 1 aliphatic heterocycles. The molecule has 170 valence electrons. The van der Waals surface area contributed by atoms with E-state index in [2.05, 4.69) is 12.6 Å². The van der Waals surface area contributed by atoms with Gasteiger partial charge in [0.25, 0.3) is 0 Å². The monoisotopic (exact) mass is 464 g/mol. The zero-order valence-corrected chi connectivity index (χ0v) is 19.3. The van der Waals surface area contributed by atoms with E-state index >= 15 is 0 Å². The van der Waals surface area contributed by atoms with Crippen LogP contribution in [-0.4, -0.2) is 29.1 Å². The molecule has 3 aromatic rings. The van der Waals surface area contributed by atoms with Gasteiger partial charge in [-0.05, 0) is 72.7 Å². The number of nitrogens with zero attached hydrogens (tertiary/aromatic N) is 2. The number of ether oxygens (including phenoxy) is 1. The zero-order valence-electron chi connectivity index (χ0n) is 18.6. The topological polar surface area (TPSA) is 42.4 Å². The average molecular weight is 465 g/mol. The van der Waals surface area contributed by atoms with E-state index in [9.17, 15) is 9.18 Å². The predicted molar refractivity (Wildman–Crippen MR) is 130 cm³/mol. The van der Waals surface area contributed by atoms with Crippen molar-refractivity contribution in [3.8, 4) is 11.3 Å². The van der Waals surface area contributed by atoms with Crippen molar-refractivity contribution in [2.24, 2.45) is 0 Å². The molecule has 6 heteroatoms. The maximum Gasteiger partial charge on any atom is 0.410 e. The molecular weight excluding hydrogens is 439 g/mol. The van der Waals surface area contributed by atoms with Crippen LogP contribution >= 0.6 is 11.6 Å². The number of allylic oxidation sites excluding steroid dienone is 1. The zero-order chi connectivity index (χ0) is 23.4.